The van der Waals surface area contributed by atoms with Gasteiger partial charge in [-0.15, -0.1) is 0 Å². The Morgan fingerprint density at radius 2 is 2.19 bits per heavy atom. The Kier molecular flexibility index (Phi) is 5.03. The summed E-state index contributed by atoms with van der Waals surface area (Å²) in [4.78, 5) is 26.7. The third-order valence-corrected chi connectivity index (χ3v) is 4.88. The molecule has 2 amide bonds. The maximum Gasteiger partial charge on any atom is 0.225 e. The number of rotatable bonds is 4. The number of aryl methyl sites for hydroxylation is 1. The van der Waals surface area contributed by atoms with Gasteiger partial charge in [0.2, 0.25) is 11.8 Å². The highest BCUT2D eigenvalue weighted by Crippen LogP contribution is 2.35. The fourth-order valence-electron chi connectivity index (χ4n) is 3.46. The molecule has 7 heteroatoms. The van der Waals surface area contributed by atoms with Crippen LogP contribution in [0, 0.1) is 17.2 Å². The molecular weight excluding hydrogens is 330 g/mol. The Hall–Kier alpha value is -3.14. The van der Waals surface area contributed by atoms with Crippen LogP contribution in [-0.2, 0) is 23.2 Å². The molecule has 134 valence electrons. The van der Waals surface area contributed by atoms with Crippen LogP contribution in [0.25, 0.3) is 0 Å². The van der Waals surface area contributed by atoms with Gasteiger partial charge in [0, 0.05) is 33.3 Å². The largest absolute Gasteiger partial charge is 0.352 e. The average molecular weight is 351 g/mol. The molecule has 0 saturated carbocycles. The Morgan fingerprint density at radius 1 is 1.38 bits per heavy atom. The van der Waals surface area contributed by atoms with Gasteiger partial charge in [-0.25, -0.2) is 0 Å². The van der Waals surface area contributed by atoms with Crippen molar-refractivity contribution in [2.24, 2.45) is 13.0 Å². The Bertz CT molecular complexity index is 867. The van der Waals surface area contributed by atoms with Crippen LogP contribution < -0.4 is 5.32 Å². The van der Waals surface area contributed by atoms with E-state index in [9.17, 15) is 9.59 Å². The number of likely N-dealkylation sites (tertiary alicyclic amines) is 1. The van der Waals surface area contributed by atoms with Crippen LogP contribution in [-0.4, -0.2) is 33.5 Å². The summed E-state index contributed by atoms with van der Waals surface area (Å²) >= 11 is 0. The molecular formula is C19H21N5O2. The predicted molar refractivity (Wildman–Crippen MR) is 94.4 cm³/mol. The van der Waals surface area contributed by atoms with Gasteiger partial charge in [-0.05, 0) is 30.2 Å². The lowest BCUT2D eigenvalue weighted by Gasteiger charge is -2.38. The second kappa shape index (κ2) is 7.40. The van der Waals surface area contributed by atoms with Gasteiger partial charge in [-0.2, -0.15) is 10.4 Å². The topological polar surface area (TPSA) is 91.0 Å². The smallest absolute Gasteiger partial charge is 0.225 e. The summed E-state index contributed by atoms with van der Waals surface area (Å²) in [7, 11) is 3.54. The van der Waals surface area contributed by atoms with Crippen LogP contribution in [0.5, 0.6) is 0 Å². The van der Waals surface area contributed by atoms with Gasteiger partial charge in [0.25, 0.3) is 0 Å². The zero-order valence-corrected chi connectivity index (χ0v) is 14.8. The highest BCUT2D eigenvalue weighted by Gasteiger charge is 2.40. The first-order chi connectivity index (χ1) is 12.5. The van der Waals surface area contributed by atoms with Crippen molar-refractivity contribution in [1.82, 2.24) is 20.0 Å². The number of hydrogen-bond acceptors (Lipinski definition) is 4. The molecule has 0 aliphatic carbocycles. The molecule has 2 aromatic rings. The van der Waals surface area contributed by atoms with Crippen molar-refractivity contribution in [2.75, 3.05) is 7.05 Å². The van der Waals surface area contributed by atoms with E-state index in [0.717, 1.165) is 11.3 Å². The highest BCUT2D eigenvalue weighted by molar-refractivity contribution is 5.84. The normalized spacial score (nSPS) is 19.9. The van der Waals surface area contributed by atoms with Gasteiger partial charge >= 0.3 is 0 Å². The number of nitriles is 1. The van der Waals surface area contributed by atoms with Gasteiger partial charge in [0.05, 0.1) is 29.3 Å². The first-order valence-electron chi connectivity index (χ1n) is 8.51. The number of benzene rings is 1. The molecule has 0 radical (unpaired) electrons. The van der Waals surface area contributed by atoms with Crippen molar-refractivity contribution >= 4 is 11.8 Å². The van der Waals surface area contributed by atoms with E-state index in [2.05, 4.69) is 16.5 Å². The highest BCUT2D eigenvalue weighted by atomic mass is 16.2. The first kappa shape index (κ1) is 17.7. The van der Waals surface area contributed by atoms with E-state index in [4.69, 9.17) is 5.26 Å². The molecule has 1 saturated heterocycles. The zero-order chi connectivity index (χ0) is 18.7. The standard InChI is InChI=1S/C19H21N5O2/c1-23-17(25)7-6-15(18(23)16-8-9-22-24(16)2)19(26)21-12-14-5-3-4-13(10-14)11-20/h3-5,8-10,15,18H,6-7,12H2,1-2H3,(H,21,26)/t15-,18-/m0/s1. The third-order valence-electron chi connectivity index (χ3n) is 4.88. The van der Waals surface area contributed by atoms with E-state index in [0.29, 0.717) is 24.9 Å². The van der Waals surface area contributed by atoms with Crippen LogP contribution in [0.4, 0.5) is 0 Å². The van der Waals surface area contributed by atoms with Crippen LogP contribution in [0.1, 0.15) is 35.7 Å². The summed E-state index contributed by atoms with van der Waals surface area (Å²) in [6.07, 6.45) is 2.53. The summed E-state index contributed by atoms with van der Waals surface area (Å²) in [6, 6.07) is 10.8. The van der Waals surface area contributed by atoms with Crippen molar-refractivity contribution in [3.05, 3.63) is 53.3 Å². The number of amides is 2. The number of hydrogen-bond donors (Lipinski definition) is 1. The molecule has 7 nitrogen and oxygen atoms in total. The minimum Gasteiger partial charge on any atom is -0.352 e. The lowest BCUT2D eigenvalue weighted by atomic mass is 9.86. The Labute approximate surface area is 152 Å². The Morgan fingerprint density at radius 3 is 2.88 bits per heavy atom. The number of aromatic nitrogens is 2. The van der Waals surface area contributed by atoms with Crippen LogP contribution >= 0.6 is 0 Å². The van der Waals surface area contributed by atoms with E-state index in [-0.39, 0.29) is 23.8 Å². The fourth-order valence-corrected chi connectivity index (χ4v) is 3.46. The SMILES string of the molecule is CN1C(=O)CC[C@H](C(=O)NCc2cccc(C#N)c2)[C@H]1c1ccnn1C. The molecule has 0 bridgehead atoms. The monoisotopic (exact) mass is 351 g/mol. The predicted octanol–water partition coefficient (Wildman–Crippen LogP) is 1.52. The lowest BCUT2D eigenvalue weighted by molar-refractivity contribution is -0.142. The number of carbonyl (C=O) groups is 2. The van der Waals surface area contributed by atoms with Gasteiger partial charge < -0.3 is 10.2 Å². The first-order valence-corrected chi connectivity index (χ1v) is 8.51. The fraction of sp³-hybridized carbons (Fsp3) is 0.368. The molecule has 0 unspecified atom stereocenters. The van der Waals surface area contributed by atoms with Crippen LogP contribution in [0.15, 0.2) is 36.5 Å². The quantitative estimate of drug-likeness (QED) is 0.904. The summed E-state index contributed by atoms with van der Waals surface area (Å²) in [5.74, 6) is -0.410. The molecule has 0 spiro atoms. The number of carbonyl (C=O) groups excluding carboxylic acids is 2. The van der Waals surface area contributed by atoms with E-state index >= 15 is 0 Å². The number of piperidine rings is 1. The molecule has 1 aromatic heterocycles. The Balaban J connectivity index is 1.77. The summed E-state index contributed by atoms with van der Waals surface area (Å²) in [5.41, 5.74) is 2.27. The van der Waals surface area contributed by atoms with Crippen molar-refractivity contribution in [2.45, 2.75) is 25.4 Å². The van der Waals surface area contributed by atoms with Crippen molar-refractivity contribution in [3.8, 4) is 6.07 Å². The molecule has 1 aliphatic heterocycles. The number of nitrogens with zero attached hydrogens (tertiary/aromatic N) is 4. The molecule has 2 atom stereocenters. The average Bonchev–Trinajstić information content (AvgIpc) is 3.07. The lowest BCUT2D eigenvalue weighted by Crippen LogP contribution is -2.46. The van der Waals surface area contributed by atoms with E-state index in [1.54, 1.807) is 41.0 Å². The molecule has 1 fully saturated rings. The van der Waals surface area contributed by atoms with Crippen molar-refractivity contribution in [3.63, 3.8) is 0 Å². The minimum atomic E-state index is -0.341. The second-order valence-electron chi connectivity index (χ2n) is 6.50. The maximum absolute atomic E-state index is 12.9. The molecule has 3 rings (SSSR count). The van der Waals surface area contributed by atoms with Crippen molar-refractivity contribution < 1.29 is 9.59 Å². The second-order valence-corrected chi connectivity index (χ2v) is 6.50. The van der Waals surface area contributed by atoms with Crippen LogP contribution in [0.3, 0.4) is 0 Å². The summed E-state index contributed by atoms with van der Waals surface area (Å²) < 4.78 is 1.70. The van der Waals surface area contributed by atoms with Gasteiger partial charge in [0.1, 0.15) is 0 Å². The molecule has 2 heterocycles. The minimum absolute atomic E-state index is 0.0296. The molecule has 26 heavy (non-hydrogen) atoms. The molecule has 1 aromatic carbocycles. The molecule has 1 aliphatic rings. The molecule has 1 N–H and O–H groups in total. The van der Waals surface area contributed by atoms with E-state index in [1.807, 2.05) is 19.2 Å². The summed E-state index contributed by atoms with van der Waals surface area (Å²) in [6.45, 7) is 0.348. The summed E-state index contributed by atoms with van der Waals surface area (Å²) in [5, 5.41) is 16.1. The zero-order valence-electron chi connectivity index (χ0n) is 14.8. The van der Waals surface area contributed by atoms with Crippen molar-refractivity contribution in [1.29, 1.82) is 5.26 Å². The van der Waals surface area contributed by atoms with E-state index in [1.165, 1.54) is 0 Å². The van der Waals surface area contributed by atoms with Crippen LogP contribution in [0.2, 0.25) is 0 Å². The third kappa shape index (κ3) is 3.45. The van der Waals surface area contributed by atoms with Gasteiger partial charge in [-0.3, -0.25) is 14.3 Å². The maximum atomic E-state index is 12.9. The van der Waals surface area contributed by atoms with E-state index < -0.39 is 0 Å². The number of nitrogens with one attached hydrogen (secondary N) is 1. The van der Waals surface area contributed by atoms with Gasteiger partial charge in [-0.1, -0.05) is 12.1 Å². The van der Waals surface area contributed by atoms with Gasteiger partial charge in [0.15, 0.2) is 0 Å².